The van der Waals surface area contributed by atoms with Crippen LogP contribution in [0.15, 0.2) is 15.9 Å². The summed E-state index contributed by atoms with van der Waals surface area (Å²) in [5.74, 6) is 0. The highest BCUT2D eigenvalue weighted by atomic mass is 35.5. The van der Waals surface area contributed by atoms with Gasteiger partial charge < -0.3 is 4.98 Å². The van der Waals surface area contributed by atoms with Gasteiger partial charge in [0.05, 0.1) is 6.33 Å². The highest BCUT2D eigenvalue weighted by molar-refractivity contribution is 5.85. The van der Waals surface area contributed by atoms with Crippen molar-refractivity contribution in [2.24, 2.45) is 7.05 Å². The summed E-state index contributed by atoms with van der Waals surface area (Å²) in [6.45, 7) is 0. The summed E-state index contributed by atoms with van der Waals surface area (Å²) in [6, 6.07) is 0. The Kier molecular flexibility index (Phi) is 2.24. The number of aromatic nitrogens is 4. The molecule has 0 fully saturated rings. The van der Waals surface area contributed by atoms with Crippen molar-refractivity contribution in [2.75, 3.05) is 0 Å². The highest BCUT2D eigenvalue weighted by Gasteiger charge is 2.04. The number of H-pyrrole nitrogens is 2. The fourth-order valence-corrected chi connectivity index (χ4v) is 1.05. The lowest BCUT2D eigenvalue weighted by Crippen LogP contribution is -2.28. The van der Waals surface area contributed by atoms with Gasteiger partial charge in [0.15, 0.2) is 5.65 Å². The standard InChI is InChI=1S/C6H6N4O2.ClH/c1-10-4-3(7-2-8-4)5(11)9-6(10)12;/h2H,1H3,(H,7,8)(H,9,11,12);1H. The van der Waals surface area contributed by atoms with Gasteiger partial charge in [-0.1, -0.05) is 0 Å². The molecule has 2 rings (SSSR count). The van der Waals surface area contributed by atoms with Gasteiger partial charge in [0.25, 0.3) is 5.56 Å². The molecule has 0 spiro atoms. The summed E-state index contributed by atoms with van der Waals surface area (Å²) >= 11 is 0. The van der Waals surface area contributed by atoms with Crippen molar-refractivity contribution in [1.82, 2.24) is 19.5 Å². The number of halogens is 1. The maximum Gasteiger partial charge on any atom is 0.329 e. The predicted octanol–water partition coefficient (Wildman–Crippen LogP) is -0.628. The lowest BCUT2D eigenvalue weighted by atomic mass is 10.5. The van der Waals surface area contributed by atoms with E-state index in [1.807, 2.05) is 0 Å². The van der Waals surface area contributed by atoms with Crippen LogP contribution in [0.2, 0.25) is 0 Å². The van der Waals surface area contributed by atoms with Crippen LogP contribution in [0, 0.1) is 0 Å². The molecule has 0 saturated heterocycles. The molecule has 6 nitrogen and oxygen atoms in total. The first-order valence-electron chi connectivity index (χ1n) is 3.32. The Balaban J connectivity index is 0.000000845. The van der Waals surface area contributed by atoms with E-state index < -0.39 is 11.2 Å². The molecule has 0 radical (unpaired) electrons. The van der Waals surface area contributed by atoms with Crippen molar-refractivity contribution in [3.63, 3.8) is 0 Å². The summed E-state index contributed by atoms with van der Waals surface area (Å²) in [4.78, 5) is 30.7. The molecule has 2 N–H and O–H groups in total. The summed E-state index contributed by atoms with van der Waals surface area (Å²) in [5, 5.41) is 0. The lowest BCUT2D eigenvalue weighted by molar-refractivity contribution is 0.832. The van der Waals surface area contributed by atoms with Crippen LogP contribution >= 0.6 is 12.4 Å². The van der Waals surface area contributed by atoms with Crippen LogP contribution in [0.3, 0.4) is 0 Å². The van der Waals surface area contributed by atoms with Gasteiger partial charge in [0.2, 0.25) is 0 Å². The Hall–Kier alpha value is -1.56. The van der Waals surface area contributed by atoms with E-state index >= 15 is 0 Å². The topological polar surface area (TPSA) is 83.5 Å². The van der Waals surface area contributed by atoms with Crippen LogP contribution < -0.4 is 11.2 Å². The number of nitrogens with one attached hydrogen (secondary N) is 2. The van der Waals surface area contributed by atoms with Gasteiger partial charge in [-0.05, 0) is 0 Å². The van der Waals surface area contributed by atoms with E-state index in [9.17, 15) is 9.59 Å². The average Bonchev–Trinajstić information content (AvgIpc) is 2.48. The summed E-state index contributed by atoms with van der Waals surface area (Å²) in [6.07, 6.45) is 1.37. The molecule has 0 unspecified atom stereocenters. The summed E-state index contributed by atoms with van der Waals surface area (Å²) in [7, 11) is 1.54. The molecule has 70 valence electrons. The van der Waals surface area contributed by atoms with Crippen LogP contribution in [0.25, 0.3) is 11.2 Å². The second-order valence-corrected chi connectivity index (χ2v) is 2.42. The minimum absolute atomic E-state index is 0. The van der Waals surface area contributed by atoms with Gasteiger partial charge in [-0.15, -0.1) is 12.4 Å². The lowest BCUT2D eigenvalue weighted by Gasteiger charge is -1.94. The average molecular weight is 203 g/mol. The Bertz CT molecular complexity index is 537. The van der Waals surface area contributed by atoms with Gasteiger partial charge in [-0.3, -0.25) is 14.3 Å². The number of aromatic amines is 2. The molecule has 0 aliphatic rings. The van der Waals surface area contributed by atoms with Crippen LogP contribution in [-0.4, -0.2) is 19.5 Å². The van der Waals surface area contributed by atoms with Gasteiger partial charge in [0.1, 0.15) is 5.52 Å². The van der Waals surface area contributed by atoms with Gasteiger partial charge in [-0.2, -0.15) is 0 Å². The first-order valence-corrected chi connectivity index (χ1v) is 3.32. The van der Waals surface area contributed by atoms with Crippen molar-refractivity contribution >= 4 is 23.6 Å². The van der Waals surface area contributed by atoms with E-state index in [0.29, 0.717) is 11.2 Å². The zero-order valence-corrected chi connectivity index (χ0v) is 7.51. The van der Waals surface area contributed by atoms with E-state index in [-0.39, 0.29) is 12.4 Å². The van der Waals surface area contributed by atoms with Gasteiger partial charge in [0, 0.05) is 7.05 Å². The second-order valence-electron chi connectivity index (χ2n) is 2.42. The van der Waals surface area contributed by atoms with Crippen molar-refractivity contribution in [2.45, 2.75) is 0 Å². The summed E-state index contributed by atoms with van der Waals surface area (Å²) < 4.78 is 1.27. The van der Waals surface area contributed by atoms with Crippen LogP contribution in [0.1, 0.15) is 0 Å². The molecule has 2 aromatic heterocycles. The molecule has 0 amide bonds. The number of fused-ring (bicyclic) bond motifs is 1. The molecular formula is C6H7ClN4O2. The van der Waals surface area contributed by atoms with Gasteiger partial charge >= 0.3 is 5.69 Å². The number of aryl methyl sites for hydroxylation is 1. The van der Waals surface area contributed by atoms with Crippen LogP contribution in [0.4, 0.5) is 0 Å². The largest absolute Gasteiger partial charge is 0.339 e. The van der Waals surface area contributed by atoms with Crippen molar-refractivity contribution in [3.8, 4) is 0 Å². The number of rotatable bonds is 0. The van der Waals surface area contributed by atoms with E-state index in [1.54, 1.807) is 7.05 Å². The van der Waals surface area contributed by atoms with Crippen molar-refractivity contribution in [1.29, 1.82) is 0 Å². The molecule has 0 saturated carbocycles. The number of nitrogens with zero attached hydrogens (tertiary/aromatic N) is 2. The van der Waals surface area contributed by atoms with Gasteiger partial charge in [-0.25, -0.2) is 9.78 Å². The third kappa shape index (κ3) is 1.25. The van der Waals surface area contributed by atoms with Crippen LogP contribution in [0.5, 0.6) is 0 Å². The molecule has 2 heterocycles. The van der Waals surface area contributed by atoms with Crippen molar-refractivity contribution in [3.05, 3.63) is 27.2 Å². The van der Waals surface area contributed by atoms with E-state index in [1.165, 1.54) is 10.9 Å². The Morgan fingerprint density at radius 1 is 1.46 bits per heavy atom. The molecule has 13 heavy (non-hydrogen) atoms. The molecule has 0 atom stereocenters. The highest BCUT2D eigenvalue weighted by Crippen LogP contribution is 1.96. The minimum Gasteiger partial charge on any atom is -0.339 e. The monoisotopic (exact) mass is 202 g/mol. The number of hydrogen-bond donors (Lipinski definition) is 2. The molecule has 7 heteroatoms. The first kappa shape index (κ1) is 9.53. The Morgan fingerprint density at radius 2 is 2.15 bits per heavy atom. The molecule has 0 aliphatic heterocycles. The van der Waals surface area contributed by atoms with Crippen LogP contribution in [-0.2, 0) is 7.05 Å². The van der Waals surface area contributed by atoms with E-state index in [2.05, 4.69) is 15.0 Å². The normalized spacial score (nSPS) is 9.92. The second kappa shape index (κ2) is 3.06. The predicted molar refractivity (Wildman–Crippen MR) is 49.2 cm³/mol. The quantitative estimate of drug-likeness (QED) is 0.597. The Morgan fingerprint density at radius 3 is 2.85 bits per heavy atom. The maximum absolute atomic E-state index is 11.1. The fraction of sp³-hybridized carbons (Fsp3) is 0.167. The fourth-order valence-electron chi connectivity index (χ4n) is 1.05. The zero-order valence-electron chi connectivity index (χ0n) is 6.70. The maximum atomic E-state index is 11.1. The smallest absolute Gasteiger partial charge is 0.329 e. The first-order chi connectivity index (χ1) is 5.70. The number of imidazole rings is 1. The molecule has 0 aliphatic carbocycles. The molecule has 0 aromatic carbocycles. The molecular weight excluding hydrogens is 196 g/mol. The van der Waals surface area contributed by atoms with Crippen molar-refractivity contribution < 1.29 is 0 Å². The van der Waals surface area contributed by atoms with E-state index in [0.717, 1.165) is 0 Å². The zero-order chi connectivity index (χ0) is 8.72. The summed E-state index contributed by atoms with van der Waals surface area (Å²) in [5.41, 5.74) is -0.217. The SMILES string of the molecule is Cl.Cn1c(=O)[nH]c(=O)c2[nH]cnc21. The molecule has 2 aromatic rings. The minimum atomic E-state index is -0.459. The third-order valence-corrected chi connectivity index (χ3v) is 1.69. The number of hydrogen-bond acceptors (Lipinski definition) is 3. The van der Waals surface area contributed by atoms with E-state index in [4.69, 9.17) is 0 Å². The Labute approximate surface area is 78.0 Å². The molecule has 0 bridgehead atoms. The third-order valence-electron chi connectivity index (χ3n) is 1.69.